The van der Waals surface area contributed by atoms with Gasteiger partial charge in [0.05, 0.1) is 4.90 Å². The van der Waals surface area contributed by atoms with E-state index in [-0.39, 0.29) is 22.6 Å². The van der Waals surface area contributed by atoms with E-state index >= 15 is 0 Å². The van der Waals surface area contributed by atoms with Gasteiger partial charge in [0.15, 0.2) is 0 Å². The van der Waals surface area contributed by atoms with Crippen LogP contribution in [0.15, 0.2) is 52.4 Å². The molecule has 2 N–H and O–H groups in total. The van der Waals surface area contributed by atoms with E-state index < -0.39 is 16.1 Å². The predicted molar refractivity (Wildman–Crippen MR) is 115 cm³/mol. The summed E-state index contributed by atoms with van der Waals surface area (Å²) in [7, 11) is -3.65. The zero-order chi connectivity index (χ0) is 21.2. The van der Waals surface area contributed by atoms with E-state index in [1.54, 1.807) is 30.3 Å². The summed E-state index contributed by atoms with van der Waals surface area (Å²) in [5.41, 5.74) is 1.35. The largest absolute Gasteiger partial charge is 0.354 e. The second-order valence-electron chi connectivity index (χ2n) is 7.04. The molecule has 6 nitrogen and oxygen atoms in total. The molecule has 0 fully saturated rings. The van der Waals surface area contributed by atoms with E-state index in [0.29, 0.717) is 28.6 Å². The van der Waals surface area contributed by atoms with E-state index in [4.69, 9.17) is 23.2 Å². The fourth-order valence-corrected chi connectivity index (χ4v) is 4.77. The molecule has 154 valence electrons. The van der Waals surface area contributed by atoms with Crippen LogP contribution in [-0.4, -0.2) is 32.7 Å². The van der Waals surface area contributed by atoms with Gasteiger partial charge < -0.3 is 5.32 Å². The van der Waals surface area contributed by atoms with Crippen LogP contribution in [0.3, 0.4) is 0 Å². The van der Waals surface area contributed by atoms with E-state index in [9.17, 15) is 13.2 Å². The summed E-state index contributed by atoms with van der Waals surface area (Å²) in [6.45, 7) is 4.09. The summed E-state index contributed by atoms with van der Waals surface area (Å²) in [6, 6.07) is 11.1. The van der Waals surface area contributed by atoms with Gasteiger partial charge in [-0.2, -0.15) is 0 Å². The SMILES string of the molecule is CC(C)C(N=C1NS(=O)(=O)c2ccccc21)C(=O)NCCc1ccc(Cl)cc1Cl. The Morgan fingerprint density at radius 1 is 1.17 bits per heavy atom. The van der Waals surface area contributed by atoms with Gasteiger partial charge in [-0.3, -0.25) is 14.5 Å². The molecular weight excluding hydrogens is 433 g/mol. The number of benzene rings is 2. The first-order valence-corrected chi connectivity index (χ1v) is 11.3. The molecule has 1 unspecified atom stereocenters. The van der Waals surface area contributed by atoms with Crippen molar-refractivity contribution in [3.8, 4) is 0 Å². The quantitative estimate of drug-likeness (QED) is 0.701. The maximum Gasteiger partial charge on any atom is 0.263 e. The average Bonchev–Trinajstić information content (AvgIpc) is 2.92. The number of sulfonamides is 1. The Labute approximate surface area is 180 Å². The third-order valence-electron chi connectivity index (χ3n) is 4.54. The maximum atomic E-state index is 12.7. The van der Waals surface area contributed by atoms with Crippen molar-refractivity contribution in [3.63, 3.8) is 0 Å². The van der Waals surface area contributed by atoms with Crippen LogP contribution in [0, 0.1) is 5.92 Å². The Balaban J connectivity index is 1.73. The molecule has 1 amide bonds. The highest BCUT2D eigenvalue weighted by molar-refractivity contribution is 7.90. The number of nitrogens with one attached hydrogen (secondary N) is 2. The second kappa shape index (κ2) is 8.73. The summed E-state index contributed by atoms with van der Waals surface area (Å²) in [5, 5.41) is 3.96. The van der Waals surface area contributed by atoms with Crippen molar-refractivity contribution in [2.45, 2.75) is 31.2 Å². The number of amides is 1. The lowest BCUT2D eigenvalue weighted by atomic mass is 10.0. The summed E-state index contributed by atoms with van der Waals surface area (Å²) in [6.07, 6.45) is 0.540. The molecule has 1 aliphatic rings. The van der Waals surface area contributed by atoms with Gasteiger partial charge in [-0.1, -0.05) is 55.2 Å². The second-order valence-corrected chi connectivity index (χ2v) is 9.54. The number of halogens is 2. The Kier molecular flexibility index (Phi) is 6.51. The molecule has 1 atom stereocenters. The van der Waals surface area contributed by atoms with Crippen LogP contribution >= 0.6 is 23.2 Å². The van der Waals surface area contributed by atoms with E-state index in [0.717, 1.165) is 5.56 Å². The van der Waals surface area contributed by atoms with Crippen molar-refractivity contribution >= 4 is 45.0 Å². The van der Waals surface area contributed by atoms with Crippen molar-refractivity contribution in [1.29, 1.82) is 0 Å². The van der Waals surface area contributed by atoms with Crippen LogP contribution < -0.4 is 10.0 Å². The molecule has 0 saturated heterocycles. The number of carbonyl (C=O) groups is 1. The molecule has 0 aromatic heterocycles. The van der Waals surface area contributed by atoms with E-state index in [1.807, 2.05) is 19.9 Å². The van der Waals surface area contributed by atoms with Crippen LogP contribution in [0.1, 0.15) is 25.0 Å². The molecule has 9 heteroatoms. The van der Waals surface area contributed by atoms with Gasteiger partial charge in [0.1, 0.15) is 11.9 Å². The van der Waals surface area contributed by atoms with Gasteiger partial charge in [-0.05, 0) is 42.2 Å². The topological polar surface area (TPSA) is 87.6 Å². The first kappa shape index (κ1) is 21.6. The number of hydrogen-bond donors (Lipinski definition) is 2. The predicted octanol–water partition coefficient (Wildman–Crippen LogP) is 3.42. The van der Waals surface area contributed by atoms with Gasteiger partial charge in [-0.25, -0.2) is 8.42 Å². The zero-order valence-electron chi connectivity index (χ0n) is 15.9. The zero-order valence-corrected chi connectivity index (χ0v) is 18.3. The minimum Gasteiger partial charge on any atom is -0.354 e. The van der Waals surface area contributed by atoms with Crippen molar-refractivity contribution in [2.75, 3.05) is 6.54 Å². The molecule has 1 heterocycles. The van der Waals surface area contributed by atoms with Gasteiger partial charge in [0.25, 0.3) is 10.0 Å². The van der Waals surface area contributed by atoms with E-state index in [1.165, 1.54) is 6.07 Å². The number of amidine groups is 1. The fraction of sp³-hybridized carbons (Fsp3) is 0.300. The molecule has 0 radical (unpaired) electrons. The first-order chi connectivity index (χ1) is 13.7. The molecule has 0 bridgehead atoms. The monoisotopic (exact) mass is 453 g/mol. The molecule has 2 aromatic rings. The minimum absolute atomic E-state index is 0.126. The third-order valence-corrected chi connectivity index (χ3v) is 6.52. The standard InChI is InChI=1S/C20H21Cl2N3O3S/c1-12(2)18(20(26)23-10-9-13-7-8-14(21)11-16(13)22)24-19-15-5-3-4-6-17(15)29(27,28)25-19/h3-8,11-12,18H,9-10H2,1-2H3,(H,23,26)(H,24,25). The molecule has 0 saturated carbocycles. The summed E-state index contributed by atoms with van der Waals surface area (Å²) >= 11 is 12.1. The number of fused-ring (bicyclic) bond motifs is 1. The number of aliphatic imine (C=N–C) groups is 1. The summed E-state index contributed by atoms with van der Waals surface area (Å²) < 4.78 is 27.0. The van der Waals surface area contributed by atoms with Crippen molar-refractivity contribution in [1.82, 2.24) is 10.0 Å². The van der Waals surface area contributed by atoms with Crippen LogP contribution in [-0.2, 0) is 21.2 Å². The van der Waals surface area contributed by atoms with Gasteiger partial charge in [-0.15, -0.1) is 0 Å². The van der Waals surface area contributed by atoms with Gasteiger partial charge >= 0.3 is 0 Å². The highest BCUT2D eigenvalue weighted by Gasteiger charge is 2.32. The summed E-state index contributed by atoms with van der Waals surface area (Å²) in [4.78, 5) is 17.3. The van der Waals surface area contributed by atoms with Crippen molar-refractivity contribution < 1.29 is 13.2 Å². The molecule has 1 aliphatic heterocycles. The molecular formula is C20H21Cl2N3O3S. The summed E-state index contributed by atoms with van der Waals surface area (Å²) in [5.74, 6) is -0.213. The third kappa shape index (κ3) is 4.91. The van der Waals surface area contributed by atoms with Crippen LogP contribution in [0.5, 0.6) is 0 Å². The first-order valence-electron chi connectivity index (χ1n) is 9.10. The molecule has 0 spiro atoms. The lowest BCUT2D eigenvalue weighted by Gasteiger charge is -2.17. The average molecular weight is 454 g/mol. The van der Waals surface area contributed by atoms with Gasteiger partial charge in [0, 0.05) is 22.2 Å². The number of carbonyl (C=O) groups excluding carboxylic acids is 1. The normalized spacial score (nSPS) is 17.1. The molecule has 29 heavy (non-hydrogen) atoms. The van der Waals surface area contributed by atoms with Crippen LogP contribution in [0.25, 0.3) is 0 Å². The molecule has 0 aliphatic carbocycles. The number of nitrogens with zero attached hydrogens (tertiary/aromatic N) is 1. The Morgan fingerprint density at radius 2 is 1.90 bits per heavy atom. The highest BCUT2D eigenvalue weighted by atomic mass is 35.5. The van der Waals surface area contributed by atoms with E-state index in [2.05, 4.69) is 15.0 Å². The van der Waals surface area contributed by atoms with Gasteiger partial charge in [0.2, 0.25) is 5.91 Å². The molecule has 3 rings (SSSR count). The maximum absolute atomic E-state index is 12.7. The number of rotatable bonds is 6. The Hall–Kier alpha value is -2.09. The van der Waals surface area contributed by atoms with Crippen LogP contribution in [0.2, 0.25) is 10.0 Å². The van der Waals surface area contributed by atoms with Crippen molar-refractivity contribution in [2.24, 2.45) is 10.9 Å². The highest BCUT2D eigenvalue weighted by Crippen LogP contribution is 2.24. The lowest BCUT2D eigenvalue weighted by Crippen LogP contribution is -2.39. The fourth-order valence-electron chi connectivity index (χ4n) is 3.03. The van der Waals surface area contributed by atoms with Crippen molar-refractivity contribution in [3.05, 3.63) is 63.6 Å². The molecule has 2 aromatic carbocycles. The smallest absolute Gasteiger partial charge is 0.263 e. The Bertz CT molecular complexity index is 1070. The lowest BCUT2D eigenvalue weighted by molar-refractivity contribution is -0.123. The minimum atomic E-state index is -3.65. The van der Waals surface area contributed by atoms with Crippen LogP contribution in [0.4, 0.5) is 0 Å². The number of hydrogen-bond acceptors (Lipinski definition) is 4. The Morgan fingerprint density at radius 3 is 2.59 bits per heavy atom.